The third kappa shape index (κ3) is 4.00. The van der Waals surface area contributed by atoms with Crippen LogP contribution in [0.25, 0.3) is 0 Å². The second-order valence-corrected chi connectivity index (χ2v) is 5.30. The maximum atomic E-state index is 11.8. The lowest BCUT2D eigenvalue weighted by molar-refractivity contribution is -0.150. The highest BCUT2D eigenvalue weighted by molar-refractivity contribution is 5.84. The normalized spacial score (nSPS) is 28.4. The van der Waals surface area contributed by atoms with E-state index in [9.17, 15) is 9.59 Å². The van der Waals surface area contributed by atoms with Gasteiger partial charge in [0.25, 0.3) is 0 Å². The van der Waals surface area contributed by atoms with Gasteiger partial charge in [-0.05, 0) is 24.7 Å². The average Bonchev–Trinajstić information content (AvgIpc) is 2.59. The molecule has 0 saturated heterocycles. The number of aliphatic carboxylic acids is 1. The molecule has 1 aliphatic rings. The van der Waals surface area contributed by atoms with E-state index in [1.54, 1.807) is 0 Å². The Morgan fingerprint density at radius 3 is 2.47 bits per heavy atom. The Hall–Kier alpha value is -1.10. The molecule has 5 nitrogen and oxygen atoms in total. The minimum atomic E-state index is -0.890. The fourth-order valence-corrected chi connectivity index (χ4v) is 2.21. The van der Waals surface area contributed by atoms with Crippen LogP contribution in [0.5, 0.6) is 0 Å². The summed E-state index contributed by atoms with van der Waals surface area (Å²) in [6.45, 7) is 6.36. The van der Waals surface area contributed by atoms with Crippen molar-refractivity contribution in [3.8, 4) is 0 Å². The maximum absolute atomic E-state index is 11.8. The Morgan fingerprint density at radius 2 is 1.94 bits per heavy atom. The second-order valence-electron chi connectivity index (χ2n) is 5.30. The summed E-state index contributed by atoms with van der Waals surface area (Å²) in [6.07, 6.45) is 1.19. The summed E-state index contributed by atoms with van der Waals surface area (Å²) in [5, 5.41) is 9.04. The maximum Gasteiger partial charge on any atom is 0.307 e. The van der Waals surface area contributed by atoms with Gasteiger partial charge in [-0.3, -0.25) is 14.4 Å². The highest BCUT2D eigenvalue weighted by Crippen LogP contribution is 2.36. The monoisotopic (exact) mass is 243 g/mol. The molecule has 5 heteroatoms. The Labute approximate surface area is 101 Å². The fraction of sp³-hybridized carbons (Fsp3) is 0.833. The van der Waals surface area contributed by atoms with E-state index >= 15 is 0 Å². The predicted molar refractivity (Wildman–Crippen MR) is 61.9 cm³/mol. The van der Waals surface area contributed by atoms with Crippen LogP contribution >= 0.6 is 0 Å². The van der Waals surface area contributed by atoms with Crippen molar-refractivity contribution in [2.75, 3.05) is 6.61 Å². The molecule has 0 aromatic carbocycles. The van der Waals surface area contributed by atoms with E-state index < -0.39 is 17.8 Å². The van der Waals surface area contributed by atoms with Crippen LogP contribution < -0.4 is 5.48 Å². The lowest BCUT2D eigenvalue weighted by Gasteiger charge is -2.15. The predicted octanol–water partition coefficient (Wildman–Crippen LogP) is 1.44. The minimum absolute atomic E-state index is 0.275. The Morgan fingerprint density at radius 1 is 1.35 bits per heavy atom. The molecule has 0 radical (unpaired) electrons. The first-order chi connectivity index (χ1) is 7.91. The van der Waals surface area contributed by atoms with Gasteiger partial charge in [0.2, 0.25) is 5.91 Å². The van der Waals surface area contributed by atoms with Crippen LogP contribution in [0.3, 0.4) is 0 Å². The van der Waals surface area contributed by atoms with Crippen LogP contribution in [0.15, 0.2) is 0 Å². The van der Waals surface area contributed by atoms with Gasteiger partial charge in [0.15, 0.2) is 0 Å². The molecule has 0 aliphatic heterocycles. The molecule has 1 fully saturated rings. The van der Waals surface area contributed by atoms with E-state index in [2.05, 4.69) is 5.48 Å². The third-order valence-corrected chi connectivity index (χ3v) is 3.04. The van der Waals surface area contributed by atoms with E-state index in [-0.39, 0.29) is 11.8 Å². The second kappa shape index (κ2) is 6.00. The minimum Gasteiger partial charge on any atom is -0.481 e. The number of amides is 1. The van der Waals surface area contributed by atoms with Gasteiger partial charge in [-0.2, -0.15) is 0 Å². The number of hydrogen-bond acceptors (Lipinski definition) is 3. The lowest BCUT2D eigenvalue weighted by atomic mass is 9.96. The molecule has 17 heavy (non-hydrogen) atoms. The molecule has 0 aromatic rings. The largest absolute Gasteiger partial charge is 0.481 e. The standard InChI is InChI=1S/C12H21NO4/c1-7(2)6-17-13-11(14)9-4-8(3)5-10(9)12(15)16/h7-10H,4-6H2,1-3H3,(H,13,14)(H,15,16). The van der Waals surface area contributed by atoms with E-state index in [0.717, 1.165) is 0 Å². The van der Waals surface area contributed by atoms with Gasteiger partial charge in [0, 0.05) is 0 Å². The van der Waals surface area contributed by atoms with Gasteiger partial charge in [-0.25, -0.2) is 5.48 Å². The van der Waals surface area contributed by atoms with Gasteiger partial charge < -0.3 is 5.11 Å². The van der Waals surface area contributed by atoms with Crippen molar-refractivity contribution in [3.05, 3.63) is 0 Å². The number of rotatable bonds is 5. The van der Waals surface area contributed by atoms with Crippen molar-refractivity contribution in [1.29, 1.82) is 0 Å². The van der Waals surface area contributed by atoms with Gasteiger partial charge in [-0.15, -0.1) is 0 Å². The van der Waals surface area contributed by atoms with Gasteiger partial charge >= 0.3 is 5.97 Å². The molecule has 2 N–H and O–H groups in total. The SMILES string of the molecule is CC(C)CONC(=O)C1CC(C)CC1C(=O)O. The summed E-state index contributed by atoms with van der Waals surface area (Å²) in [7, 11) is 0. The van der Waals surface area contributed by atoms with Gasteiger partial charge in [0.05, 0.1) is 18.4 Å². The molecule has 1 saturated carbocycles. The topological polar surface area (TPSA) is 75.6 Å². The van der Waals surface area contributed by atoms with Crippen molar-refractivity contribution in [3.63, 3.8) is 0 Å². The summed E-state index contributed by atoms with van der Waals surface area (Å²) in [5.74, 6) is -1.63. The van der Waals surface area contributed by atoms with Crippen LogP contribution in [-0.2, 0) is 14.4 Å². The van der Waals surface area contributed by atoms with E-state index in [0.29, 0.717) is 25.4 Å². The first-order valence-corrected chi connectivity index (χ1v) is 6.06. The molecule has 1 aliphatic carbocycles. The van der Waals surface area contributed by atoms with Crippen molar-refractivity contribution >= 4 is 11.9 Å². The number of carboxylic acids is 1. The smallest absolute Gasteiger partial charge is 0.307 e. The molecule has 0 bridgehead atoms. The zero-order valence-corrected chi connectivity index (χ0v) is 10.6. The number of hydrogen-bond donors (Lipinski definition) is 2. The van der Waals surface area contributed by atoms with E-state index in [1.165, 1.54) is 0 Å². The fourth-order valence-electron chi connectivity index (χ4n) is 2.21. The molecule has 0 aromatic heterocycles. The first kappa shape index (κ1) is 14.0. The van der Waals surface area contributed by atoms with E-state index in [1.807, 2.05) is 20.8 Å². The van der Waals surface area contributed by atoms with Crippen molar-refractivity contribution in [2.45, 2.75) is 33.6 Å². The van der Waals surface area contributed by atoms with Crippen LogP contribution in [0.2, 0.25) is 0 Å². The summed E-state index contributed by atoms with van der Waals surface area (Å²) >= 11 is 0. The summed E-state index contributed by atoms with van der Waals surface area (Å²) in [6, 6.07) is 0. The highest BCUT2D eigenvalue weighted by atomic mass is 16.7. The van der Waals surface area contributed by atoms with Gasteiger partial charge in [0.1, 0.15) is 0 Å². The number of carboxylic acid groups (broad SMARTS) is 1. The van der Waals surface area contributed by atoms with Crippen molar-refractivity contribution in [2.24, 2.45) is 23.7 Å². The molecular weight excluding hydrogens is 222 g/mol. The van der Waals surface area contributed by atoms with Crippen LogP contribution in [0.4, 0.5) is 0 Å². The molecule has 3 atom stereocenters. The molecule has 1 amide bonds. The lowest BCUT2D eigenvalue weighted by Crippen LogP contribution is -2.36. The van der Waals surface area contributed by atoms with Crippen LogP contribution in [0, 0.1) is 23.7 Å². The molecule has 3 unspecified atom stereocenters. The molecule has 0 heterocycles. The Kier molecular flexibility index (Phi) is 4.93. The zero-order chi connectivity index (χ0) is 13.0. The number of carbonyl (C=O) groups excluding carboxylic acids is 1. The number of carbonyl (C=O) groups is 2. The summed E-state index contributed by atoms with van der Waals surface area (Å²) in [4.78, 5) is 27.9. The number of hydroxylamine groups is 1. The third-order valence-electron chi connectivity index (χ3n) is 3.04. The first-order valence-electron chi connectivity index (χ1n) is 6.06. The number of nitrogens with one attached hydrogen (secondary N) is 1. The summed E-state index contributed by atoms with van der Waals surface area (Å²) < 4.78 is 0. The highest BCUT2D eigenvalue weighted by Gasteiger charge is 2.41. The van der Waals surface area contributed by atoms with Gasteiger partial charge in [-0.1, -0.05) is 20.8 Å². The Balaban J connectivity index is 2.47. The molecule has 98 valence electrons. The Bertz CT molecular complexity index is 290. The average molecular weight is 243 g/mol. The van der Waals surface area contributed by atoms with Crippen molar-refractivity contribution in [1.82, 2.24) is 5.48 Å². The molecule has 0 spiro atoms. The van der Waals surface area contributed by atoms with E-state index in [4.69, 9.17) is 9.94 Å². The summed E-state index contributed by atoms with van der Waals surface area (Å²) in [5.41, 5.74) is 2.36. The quantitative estimate of drug-likeness (QED) is 0.716. The molecular formula is C12H21NO4. The molecule has 1 rings (SSSR count). The van der Waals surface area contributed by atoms with Crippen LogP contribution in [-0.4, -0.2) is 23.6 Å². The zero-order valence-electron chi connectivity index (χ0n) is 10.6. The van der Waals surface area contributed by atoms with Crippen LogP contribution in [0.1, 0.15) is 33.6 Å². The van der Waals surface area contributed by atoms with Crippen molar-refractivity contribution < 1.29 is 19.5 Å².